The molecule has 1 aromatic rings. The molecule has 144 valence electrons. The van der Waals surface area contributed by atoms with Gasteiger partial charge < -0.3 is 15.2 Å². The molecule has 2 saturated heterocycles. The zero-order valence-electron chi connectivity index (χ0n) is 15.2. The number of nitrogens with two attached hydrogens (primary N) is 1. The van der Waals surface area contributed by atoms with Crippen LogP contribution in [-0.4, -0.2) is 55.2 Å². The molecular formula is C19H28ClN3O3. The van der Waals surface area contributed by atoms with E-state index in [0.717, 1.165) is 51.1 Å². The molecule has 1 aliphatic carbocycles. The first-order valence-corrected chi connectivity index (χ1v) is 9.28. The van der Waals surface area contributed by atoms with Gasteiger partial charge in [-0.05, 0) is 37.0 Å². The summed E-state index contributed by atoms with van der Waals surface area (Å²) in [6.45, 7) is 3.76. The monoisotopic (exact) mass is 381 g/mol. The third kappa shape index (κ3) is 3.13. The Bertz CT molecular complexity index is 637. The highest BCUT2D eigenvalue weighted by Crippen LogP contribution is 2.52. The van der Waals surface area contributed by atoms with Crippen molar-refractivity contribution in [1.82, 2.24) is 9.88 Å². The molecular weight excluding hydrogens is 354 g/mol. The molecule has 26 heavy (non-hydrogen) atoms. The molecule has 0 aromatic carbocycles. The lowest BCUT2D eigenvalue weighted by molar-refractivity contribution is -0.174. The summed E-state index contributed by atoms with van der Waals surface area (Å²) in [5.41, 5.74) is 6.48. The molecule has 1 aromatic heterocycles. The molecule has 7 heteroatoms. The van der Waals surface area contributed by atoms with Crippen LogP contribution >= 0.6 is 12.4 Å². The topological polar surface area (TPSA) is 77.7 Å². The Labute approximate surface area is 160 Å². The number of carbonyl (C=O) groups excluding carboxylic acids is 1. The fourth-order valence-corrected chi connectivity index (χ4v) is 5.31. The number of fused-ring (bicyclic) bond motifs is 2. The van der Waals surface area contributed by atoms with Crippen LogP contribution in [0.4, 0.5) is 0 Å². The number of piperidine rings is 1. The molecule has 4 atom stereocenters. The van der Waals surface area contributed by atoms with E-state index in [4.69, 9.17) is 15.2 Å². The minimum atomic E-state index is -0.487. The summed E-state index contributed by atoms with van der Waals surface area (Å²) in [6.07, 6.45) is 6.33. The largest absolute Gasteiger partial charge is 0.380 e. The van der Waals surface area contributed by atoms with Crippen molar-refractivity contribution in [2.45, 2.75) is 37.3 Å². The molecule has 4 rings (SSSR count). The van der Waals surface area contributed by atoms with Gasteiger partial charge in [0, 0.05) is 50.9 Å². The molecule has 0 unspecified atom stereocenters. The number of primary amides is 1. The van der Waals surface area contributed by atoms with Crippen LogP contribution in [0.3, 0.4) is 0 Å². The van der Waals surface area contributed by atoms with Crippen LogP contribution in [0.1, 0.15) is 41.7 Å². The first-order chi connectivity index (χ1) is 12.1. The summed E-state index contributed by atoms with van der Waals surface area (Å²) in [4.78, 5) is 18.3. The van der Waals surface area contributed by atoms with E-state index in [0.29, 0.717) is 23.6 Å². The first-order valence-electron chi connectivity index (χ1n) is 9.28. The number of likely N-dealkylation sites (tertiary alicyclic amines) is 1. The van der Waals surface area contributed by atoms with E-state index in [-0.39, 0.29) is 18.0 Å². The van der Waals surface area contributed by atoms with Gasteiger partial charge >= 0.3 is 0 Å². The summed E-state index contributed by atoms with van der Waals surface area (Å²) in [6, 6.07) is 4.37. The van der Waals surface area contributed by atoms with Gasteiger partial charge in [-0.25, -0.2) is 0 Å². The van der Waals surface area contributed by atoms with Crippen LogP contribution in [-0.2, 0) is 15.1 Å². The van der Waals surface area contributed by atoms with Crippen molar-refractivity contribution < 1.29 is 14.3 Å². The Hall–Kier alpha value is -1.21. The van der Waals surface area contributed by atoms with E-state index >= 15 is 0 Å². The average Bonchev–Trinajstić information content (AvgIpc) is 3.15. The van der Waals surface area contributed by atoms with E-state index in [2.05, 4.69) is 9.88 Å². The maximum absolute atomic E-state index is 11.6. The Morgan fingerprint density at radius 1 is 1.35 bits per heavy atom. The minimum Gasteiger partial charge on any atom is -0.380 e. The van der Waals surface area contributed by atoms with Crippen LogP contribution in [0.25, 0.3) is 0 Å². The second-order valence-corrected chi connectivity index (χ2v) is 7.59. The van der Waals surface area contributed by atoms with Gasteiger partial charge in [-0.1, -0.05) is 6.42 Å². The van der Waals surface area contributed by atoms with Crippen molar-refractivity contribution >= 4 is 18.3 Å². The Morgan fingerprint density at radius 2 is 2.08 bits per heavy atom. The summed E-state index contributed by atoms with van der Waals surface area (Å²) in [5.74, 6) is 0.334. The van der Waals surface area contributed by atoms with Crippen molar-refractivity contribution in [2.24, 2.45) is 17.6 Å². The van der Waals surface area contributed by atoms with Crippen molar-refractivity contribution in [3.63, 3.8) is 0 Å². The molecule has 3 heterocycles. The molecule has 3 fully saturated rings. The van der Waals surface area contributed by atoms with Gasteiger partial charge in [-0.15, -0.1) is 12.4 Å². The van der Waals surface area contributed by atoms with E-state index < -0.39 is 5.91 Å². The Kier molecular flexibility index (Phi) is 5.87. The lowest BCUT2D eigenvalue weighted by Crippen LogP contribution is -2.61. The fourth-order valence-electron chi connectivity index (χ4n) is 5.31. The highest BCUT2D eigenvalue weighted by Gasteiger charge is 2.54. The number of halogens is 1. The van der Waals surface area contributed by atoms with Crippen molar-refractivity contribution in [2.75, 3.05) is 33.4 Å². The molecule has 1 saturated carbocycles. The van der Waals surface area contributed by atoms with Gasteiger partial charge in [0.15, 0.2) is 0 Å². The number of hydrogen-bond acceptors (Lipinski definition) is 5. The highest BCUT2D eigenvalue weighted by molar-refractivity contribution is 5.90. The predicted octanol–water partition coefficient (Wildman–Crippen LogP) is 1.96. The number of nitrogens with zero attached hydrogens (tertiary/aromatic N) is 2. The van der Waals surface area contributed by atoms with Crippen LogP contribution in [0.5, 0.6) is 0 Å². The maximum Gasteiger partial charge on any atom is 0.267 e. The number of rotatable bonds is 4. The summed E-state index contributed by atoms with van der Waals surface area (Å²) < 4.78 is 11.8. The van der Waals surface area contributed by atoms with Gasteiger partial charge in [0.1, 0.15) is 11.3 Å². The molecule has 0 spiro atoms. The van der Waals surface area contributed by atoms with Crippen molar-refractivity contribution in [3.8, 4) is 0 Å². The molecule has 0 radical (unpaired) electrons. The van der Waals surface area contributed by atoms with E-state index in [1.807, 2.05) is 19.2 Å². The molecule has 2 N–H and O–H groups in total. The summed E-state index contributed by atoms with van der Waals surface area (Å²) in [7, 11) is 1.81. The molecule has 6 nitrogen and oxygen atoms in total. The first kappa shape index (κ1) is 19.5. The lowest BCUT2D eigenvalue weighted by atomic mass is 9.62. The van der Waals surface area contributed by atoms with Crippen molar-refractivity contribution in [1.29, 1.82) is 0 Å². The summed E-state index contributed by atoms with van der Waals surface area (Å²) >= 11 is 0. The van der Waals surface area contributed by atoms with Crippen LogP contribution in [0, 0.1) is 11.8 Å². The molecule has 1 amide bonds. The fraction of sp³-hybridized carbons (Fsp3) is 0.684. The van der Waals surface area contributed by atoms with E-state index in [1.54, 1.807) is 6.20 Å². The zero-order chi connectivity index (χ0) is 17.4. The SMILES string of the molecule is CO[C@@]1(c2ccnc(C(N)=O)c2)[C@@H]2CCC[C@H]1CN([C@@H]1CCOC1)C2.Cl. The predicted molar refractivity (Wildman–Crippen MR) is 100 cm³/mol. The number of carbonyl (C=O) groups is 1. The highest BCUT2D eigenvalue weighted by atomic mass is 35.5. The average molecular weight is 382 g/mol. The van der Waals surface area contributed by atoms with Gasteiger partial charge in [-0.3, -0.25) is 14.7 Å². The van der Waals surface area contributed by atoms with Crippen LogP contribution in [0.15, 0.2) is 18.3 Å². The number of pyridine rings is 1. The third-order valence-electron chi connectivity index (χ3n) is 6.45. The number of amides is 1. The maximum atomic E-state index is 11.6. The van der Waals surface area contributed by atoms with Gasteiger partial charge in [0.25, 0.3) is 5.91 Å². The number of aromatic nitrogens is 1. The van der Waals surface area contributed by atoms with Crippen molar-refractivity contribution in [3.05, 3.63) is 29.6 Å². The second kappa shape index (κ2) is 7.80. The Balaban J connectivity index is 0.00000196. The number of ether oxygens (including phenoxy) is 2. The van der Waals surface area contributed by atoms with E-state index in [1.165, 1.54) is 6.42 Å². The van der Waals surface area contributed by atoms with Gasteiger partial charge in [-0.2, -0.15) is 0 Å². The number of methoxy groups -OCH3 is 1. The molecule has 2 aliphatic heterocycles. The molecule has 3 aliphatic rings. The molecule has 2 bridgehead atoms. The van der Waals surface area contributed by atoms with Gasteiger partial charge in [0.2, 0.25) is 0 Å². The smallest absolute Gasteiger partial charge is 0.267 e. The zero-order valence-corrected chi connectivity index (χ0v) is 16.0. The summed E-state index contributed by atoms with van der Waals surface area (Å²) in [5, 5.41) is 0. The second-order valence-electron chi connectivity index (χ2n) is 7.59. The van der Waals surface area contributed by atoms with Crippen LogP contribution < -0.4 is 5.73 Å². The van der Waals surface area contributed by atoms with E-state index in [9.17, 15) is 4.79 Å². The minimum absolute atomic E-state index is 0. The number of hydrogen-bond donors (Lipinski definition) is 1. The van der Waals surface area contributed by atoms with Gasteiger partial charge in [0.05, 0.1) is 6.61 Å². The Morgan fingerprint density at radius 3 is 2.65 bits per heavy atom. The standard InChI is InChI=1S/C19H27N3O3.ClH/c1-24-19(13-5-7-21-17(9-13)18(20)23)14-3-2-4-15(19)11-22(10-14)16-6-8-25-12-16;/h5,7,9,14-16H,2-4,6,8,10-12H2,1H3,(H2,20,23);1H/t14-,15+,16-,19+;/m1./s1. The third-order valence-corrected chi connectivity index (χ3v) is 6.45. The lowest BCUT2D eigenvalue weighted by Gasteiger charge is -2.56. The normalized spacial score (nSPS) is 34.3. The quantitative estimate of drug-likeness (QED) is 0.862. The van der Waals surface area contributed by atoms with Crippen LogP contribution in [0.2, 0.25) is 0 Å².